The maximum Gasteiger partial charge on any atom is 0.154 e. The van der Waals surface area contributed by atoms with Crippen LogP contribution in [0.2, 0.25) is 5.02 Å². The average molecular weight is 386 g/mol. The van der Waals surface area contributed by atoms with Gasteiger partial charge < -0.3 is 4.98 Å². The van der Waals surface area contributed by atoms with Gasteiger partial charge in [0.15, 0.2) is 5.84 Å². The van der Waals surface area contributed by atoms with Gasteiger partial charge in [0.2, 0.25) is 0 Å². The summed E-state index contributed by atoms with van der Waals surface area (Å²) in [5.41, 5.74) is 5.92. The number of hydrogen-bond acceptors (Lipinski definition) is 1. The normalized spacial score (nSPS) is 14.0. The highest BCUT2D eigenvalue weighted by molar-refractivity contribution is 6.30. The lowest BCUT2D eigenvalue weighted by atomic mass is 9.96. The van der Waals surface area contributed by atoms with E-state index in [0.29, 0.717) is 10.5 Å². The van der Waals surface area contributed by atoms with E-state index in [4.69, 9.17) is 17.0 Å². The van der Waals surface area contributed by atoms with Gasteiger partial charge in [0, 0.05) is 22.3 Å². The van der Waals surface area contributed by atoms with Gasteiger partial charge in [0.25, 0.3) is 0 Å². The molecule has 1 aliphatic rings. The highest BCUT2D eigenvalue weighted by Gasteiger charge is 2.10. The zero-order valence-corrected chi connectivity index (χ0v) is 16.1. The minimum atomic E-state index is 0.202. The number of nitrogens with zero attached hydrogens (tertiary/aromatic N) is 1. The van der Waals surface area contributed by atoms with Gasteiger partial charge in [-0.05, 0) is 59.9 Å². The number of aromatic amines is 1. The van der Waals surface area contributed by atoms with E-state index in [9.17, 15) is 0 Å². The van der Waals surface area contributed by atoms with Gasteiger partial charge in [-0.15, -0.1) is 0 Å². The number of aromatic nitrogens is 1. The maximum absolute atomic E-state index is 8.40. The molecule has 1 aliphatic carbocycles. The van der Waals surface area contributed by atoms with Crippen LogP contribution < -0.4 is 5.49 Å². The van der Waals surface area contributed by atoms with Gasteiger partial charge in [-0.2, -0.15) is 0 Å². The summed E-state index contributed by atoms with van der Waals surface area (Å²) in [4.78, 5) is 7.90. The Labute approximate surface area is 169 Å². The smallest absolute Gasteiger partial charge is 0.154 e. The minimum absolute atomic E-state index is 0.202. The van der Waals surface area contributed by atoms with Crippen LogP contribution in [-0.4, -0.2) is 10.8 Å². The molecule has 0 saturated carbocycles. The predicted molar refractivity (Wildman–Crippen MR) is 116 cm³/mol. The van der Waals surface area contributed by atoms with E-state index in [0.717, 1.165) is 35.1 Å². The third-order valence-corrected chi connectivity index (χ3v) is 4.98. The molecule has 0 fully saturated rings. The Balaban J connectivity index is 1.82. The fourth-order valence-electron chi connectivity index (χ4n) is 3.24. The van der Waals surface area contributed by atoms with E-state index < -0.39 is 0 Å². The second-order valence-electron chi connectivity index (χ2n) is 6.64. The first-order chi connectivity index (χ1) is 13.7. The lowest BCUT2D eigenvalue weighted by Gasteiger charge is -2.12. The molecule has 0 bridgehead atoms. The number of halogens is 1. The fourth-order valence-corrected chi connectivity index (χ4v) is 3.36. The first-order valence-corrected chi connectivity index (χ1v) is 9.62. The number of rotatable bonds is 3. The summed E-state index contributed by atoms with van der Waals surface area (Å²) in [6.07, 6.45) is 10.3. The second-order valence-corrected chi connectivity index (χ2v) is 7.08. The van der Waals surface area contributed by atoms with Crippen LogP contribution in [0.4, 0.5) is 0 Å². The molecule has 0 unspecified atom stereocenters. The van der Waals surface area contributed by atoms with E-state index in [-0.39, 0.29) is 5.84 Å². The van der Waals surface area contributed by atoms with Gasteiger partial charge in [-0.25, -0.2) is 4.99 Å². The van der Waals surface area contributed by atoms with Crippen LogP contribution in [0.1, 0.15) is 24.0 Å². The van der Waals surface area contributed by atoms with Gasteiger partial charge in [0.1, 0.15) is 5.49 Å². The van der Waals surface area contributed by atoms with Crippen molar-refractivity contribution in [3.63, 3.8) is 0 Å². The monoisotopic (exact) mass is 385 g/mol. The van der Waals surface area contributed by atoms with Crippen LogP contribution in [0.15, 0.2) is 90.1 Å². The maximum atomic E-state index is 8.40. The SMILES string of the molecule is N=C(/N=c1\[nH]cc(-c2ccccc2)cc1C1=CC=CCC1)c1ccc(Cl)cc1. The highest BCUT2D eigenvalue weighted by atomic mass is 35.5. The molecular weight excluding hydrogens is 366 g/mol. The summed E-state index contributed by atoms with van der Waals surface area (Å²) in [5.74, 6) is 0.202. The van der Waals surface area contributed by atoms with E-state index >= 15 is 0 Å². The number of benzene rings is 2. The molecule has 0 saturated heterocycles. The van der Waals surface area contributed by atoms with Crippen molar-refractivity contribution in [1.29, 1.82) is 5.41 Å². The molecule has 0 spiro atoms. The molecule has 4 heteroatoms. The van der Waals surface area contributed by atoms with E-state index in [1.807, 2.05) is 36.5 Å². The first-order valence-electron chi connectivity index (χ1n) is 9.24. The standard InChI is InChI=1S/C24H20ClN3/c25-21-13-11-19(12-14-21)23(26)28-24-22(18-9-5-2-6-10-18)15-20(16-27-24)17-7-3-1-4-8-17/h1-5,7-9,11-16H,6,10H2,(H2,26,27,28). The summed E-state index contributed by atoms with van der Waals surface area (Å²) in [6, 6.07) is 19.6. The van der Waals surface area contributed by atoms with Crippen LogP contribution in [0.5, 0.6) is 0 Å². The molecule has 2 aromatic carbocycles. The van der Waals surface area contributed by atoms with Crippen molar-refractivity contribution in [2.24, 2.45) is 4.99 Å². The Morgan fingerprint density at radius 1 is 1.00 bits per heavy atom. The van der Waals surface area contributed by atoms with Gasteiger partial charge in [-0.3, -0.25) is 5.41 Å². The number of pyridine rings is 1. The van der Waals surface area contributed by atoms with E-state index in [1.165, 1.54) is 5.57 Å². The lowest BCUT2D eigenvalue weighted by Crippen LogP contribution is -2.17. The van der Waals surface area contributed by atoms with Crippen LogP contribution in [0.3, 0.4) is 0 Å². The number of amidine groups is 1. The van der Waals surface area contributed by atoms with Crippen LogP contribution in [0, 0.1) is 5.41 Å². The Hall–Kier alpha value is -3.17. The van der Waals surface area contributed by atoms with Crippen LogP contribution >= 0.6 is 11.6 Å². The number of hydrogen-bond donors (Lipinski definition) is 2. The molecule has 138 valence electrons. The molecule has 4 rings (SSSR count). The summed E-state index contributed by atoms with van der Waals surface area (Å²) in [7, 11) is 0. The summed E-state index contributed by atoms with van der Waals surface area (Å²) >= 11 is 5.96. The van der Waals surface area contributed by atoms with Crippen molar-refractivity contribution in [2.45, 2.75) is 12.8 Å². The minimum Gasteiger partial charge on any atom is -0.345 e. The van der Waals surface area contributed by atoms with Crippen molar-refractivity contribution >= 4 is 23.0 Å². The second kappa shape index (κ2) is 8.24. The van der Waals surface area contributed by atoms with E-state index in [2.05, 4.69) is 46.4 Å². The average Bonchev–Trinajstić information content (AvgIpc) is 2.75. The molecule has 3 aromatic rings. The molecule has 0 atom stereocenters. The Morgan fingerprint density at radius 2 is 1.79 bits per heavy atom. The molecule has 2 N–H and O–H groups in total. The van der Waals surface area contributed by atoms with E-state index in [1.54, 1.807) is 12.1 Å². The molecule has 1 aromatic heterocycles. The quantitative estimate of drug-likeness (QED) is 0.410. The Kier molecular flexibility index (Phi) is 5.36. The molecule has 0 amide bonds. The molecule has 0 aliphatic heterocycles. The first kappa shape index (κ1) is 18.2. The number of nitrogens with one attached hydrogen (secondary N) is 2. The topological polar surface area (TPSA) is 52.0 Å². The Bertz CT molecular complexity index is 1120. The third kappa shape index (κ3) is 4.05. The number of H-pyrrole nitrogens is 1. The molecule has 0 radical (unpaired) electrons. The summed E-state index contributed by atoms with van der Waals surface area (Å²) in [6.45, 7) is 0. The Morgan fingerprint density at radius 3 is 2.50 bits per heavy atom. The van der Waals surface area contributed by atoms with Crippen molar-refractivity contribution in [2.75, 3.05) is 0 Å². The fraction of sp³-hybridized carbons (Fsp3) is 0.0833. The number of allylic oxidation sites excluding steroid dienone is 4. The molecule has 1 heterocycles. The third-order valence-electron chi connectivity index (χ3n) is 4.73. The van der Waals surface area contributed by atoms with Gasteiger partial charge >= 0.3 is 0 Å². The van der Waals surface area contributed by atoms with Crippen LogP contribution in [-0.2, 0) is 0 Å². The van der Waals surface area contributed by atoms with Gasteiger partial charge in [0.05, 0.1) is 0 Å². The predicted octanol–water partition coefficient (Wildman–Crippen LogP) is 5.99. The molecule has 3 nitrogen and oxygen atoms in total. The zero-order chi connectivity index (χ0) is 19.3. The van der Waals surface area contributed by atoms with Crippen molar-refractivity contribution in [3.8, 4) is 11.1 Å². The summed E-state index contributed by atoms with van der Waals surface area (Å²) in [5, 5.41) is 9.05. The zero-order valence-electron chi connectivity index (χ0n) is 15.3. The highest BCUT2D eigenvalue weighted by Crippen LogP contribution is 2.25. The molecule has 28 heavy (non-hydrogen) atoms. The molecular formula is C24H20ClN3. The largest absolute Gasteiger partial charge is 0.345 e. The lowest BCUT2D eigenvalue weighted by molar-refractivity contribution is 1.03. The van der Waals surface area contributed by atoms with Crippen molar-refractivity contribution in [3.05, 3.63) is 107 Å². The van der Waals surface area contributed by atoms with Crippen LogP contribution in [0.25, 0.3) is 16.7 Å². The summed E-state index contributed by atoms with van der Waals surface area (Å²) < 4.78 is 0. The van der Waals surface area contributed by atoms with Gasteiger partial charge in [-0.1, -0.05) is 60.2 Å². The van der Waals surface area contributed by atoms with Crippen molar-refractivity contribution in [1.82, 2.24) is 4.98 Å². The van der Waals surface area contributed by atoms with Crippen molar-refractivity contribution < 1.29 is 0 Å².